The van der Waals surface area contributed by atoms with Crippen LogP contribution in [0.15, 0.2) is 9.95 Å². The van der Waals surface area contributed by atoms with E-state index < -0.39 is 17.3 Å². The molecule has 0 saturated carbocycles. The summed E-state index contributed by atoms with van der Waals surface area (Å²) in [4.78, 5) is 19.0. The van der Waals surface area contributed by atoms with Gasteiger partial charge in [-0.2, -0.15) is 13.2 Å². The summed E-state index contributed by atoms with van der Waals surface area (Å²) in [6.45, 7) is 4.13. The van der Waals surface area contributed by atoms with Crippen LogP contribution in [0, 0.1) is 0 Å². The number of rotatable bonds is 4. The normalized spacial score (nSPS) is 11.7. The van der Waals surface area contributed by atoms with Crippen LogP contribution in [-0.2, 0) is 6.18 Å². The lowest BCUT2D eigenvalue weighted by molar-refractivity contribution is -0.138. The van der Waals surface area contributed by atoms with Gasteiger partial charge in [0, 0.05) is 13.1 Å². The molecule has 1 heterocycles. The van der Waals surface area contributed by atoms with Crippen LogP contribution in [-0.4, -0.2) is 29.3 Å². The van der Waals surface area contributed by atoms with Crippen molar-refractivity contribution < 1.29 is 13.2 Å². The van der Waals surface area contributed by atoms with Crippen molar-refractivity contribution in [1.82, 2.24) is 9.97 Å². The molecule has 0 aliphatic rings. The van der Waals surface area contributed by atoms with Gasteiger partial charge in [0.1, 0.15) is 5.82 Å². The van der Waals surface area contributed by atoms with Gasteiger partial charge in [0.2, 0.25) is 0 Å². The van der Waals surface area contributed by atoms with E-state index in [-0.39, 0.29) is 11.0 Å². The minimum absolute atomic E-state index is 0.176. The molecule has 0 spiro atoms. The molecule has 8 heteroatoms. The first-order valence-corrected chi connectivity index (χ1v) is 6.58. The van der Waals surface area contributed by atoms with Gasteiger partial charge in [0.05, 0.1) is 0 Å². The predicted molar refractivity (Wildman–Crippen MR) is 65.2 cm³/mol. The summed E-state index contributed by atoms with van der Waals surface area (Å²) in [5.41, 5.74) is -2.38. The van der Waals surface area contributed by atoms with Gasteiger partial charge < -0.3 is 9.88 Å². The smallest absolute Gasteiger partial charge is 0.356 e. The van der Waals surface area contributed by atoms with Crippen molar-refractivity contribution in [2.24, 2.45) is 0 Å². The fourth-order valence-electron chi connectivity index (χ4n) is 1.55. The average Bonchev–Trinajstić information content (AvgIpc) is 2.28. The highest BCUT2D eigenvalue weighted by atomic mass is 32.2. The number of aromatic nitrogens is 2. The zero-order chi connectivity index (χ0) is 13.9. The first-order chi connectivity index (χ1) is 8.35. The minimum Gasteiger partial charge on any atom is -0.356 e. The van der Waals surface area contributed by atoms with E-state index in [1.54, 1.807) is 20.1 Å². The van der Waals surface area contributed by atoms with Gasteiger partial charge in [-0.05, 0) is 20.1 Å². The Kier molecular flexibility index (Phi) is 4.66. The number of alkyl halides is 3. The summed E-state index contributed by atoms with van der Waals surface area (Å²) in [6, 6.07) is 0. The Balaban J connectivity index is 3.53. The summed E-state index contributed by atoms with van der Waals surface area (Å²) in [5, 5.41) is 0.176. The number of H-pyrrole nitrogens is 1. The predicted octanol–water partition coefficient (Wildman–Crippen LogP) is 2.36. The lowest BCUT2D eigenvalue weighted by Gasteiger charge is -2.23. The van der Waals surface area contributed by atoms with Crippen molar-refractivity contribution in [3.8, 4) is 0 Å². The number of hydrogen-bond acceptors (Lipinski definition) is 4. The molecule has 0 atom stereocenters. The molecule has 0 saturated heterocycles. The molecule has 0 aliphatic carbocycles. The number of nitrogens with zero attached hydrogens (tertiary/aromatic N) is 2. The Morgan fingerprint density at radius 2 is 1.89 bits per heavy atom. The second kappa shape index (κ2) is 5.64. The van der Waals surface area contributed by atoms with Gasteiger partial charge in [0.15, 0.2) is 10.7 Å². The molecule has 102 valence electrons. The highest BCUT2D eigenvalue weighted by Crippen LogP contribution is 2.33. The van der Waals surface area contributed by atoms with Gasteiger partial charge in [-0.1, -0.05) is 11.8 Å². The molecular weight excluding hydrogens is 267 g/mol. The fraction of sp³-hybridized carbons (Fsp3) is 0.600. The Morgan fingerprint density at radius 1 is 1.33 bits per heavy atom. The standard InChI is InChI=1S/C10H14F3N3OS/c1-4-16(5-2)7-6(10(11,12)13)8(17)15-9(14-7)18-3/h4-5H2,1-3H3,(H,14,15,17). The maximum atomic E-state index is 12.9. The van der Waals surface area contributed by atoms with E-state index in [9.17, 15) is 18.0 Å². The van der Waals surface area contributed by atoms with E-state index in [0.717, 1.165) is 11.8 Å². The van der Waals surface area contributed by atoms with Crippen molar-refractivity contribution in [2.75, 3.05) is 24.2 Å². The zero-order valence-electron chi connectivity index (χ0n) is 10.3. The molecule has 0 aromatic carbocycles. The highest BCUT2D eigenvalue weighted by molar-refractivity contribution is 7.98. The van der Waals surface area contributed by atoms with Crippen molar-refractivity contribution >= 4 is 17.6 Å². The summed E-state index contributed by atoms with van der Waals surface area (Å²) in [7, 11) is 0. The summed E-state index contributed by atoms with van der Waals surface area (Å²) >= 11 is 1.09. The van der Waals surface area contributed by atoms with E-state index >= 15 is 0 Å². The molecule has 0 aliphatic heterocycles. The molecule has 0 radical (unpaired) electrons. The second-order valence-corrected chi connectivity index (χ2v) is 4.24. The Hall–Kier alpha value is -1.18. The third-order valence-electron chi connectivity index (χ3n) is 2.42. The Bertz CT molecular complexity index is 468. The van der Waals surface area contributed by atoms with Crippen LogP contribution in [0.1, 0.15) is 19.4 Å². The second-order valence-electron chi connectivity index (χ2n) is 3.44. The van der Waals surface area contributed by atoms with Crippen molar-refractivity contribution in [2.45, 2.75) is 25.2 Å². The van der Waals surface area contributed by atoms with Crippen LogP contribution in [0.2, 0.25) is 0 Å². The zero-order valence-corrected chi connectivity index (χ0v) is 11.1. The van der Waals surface area contributed by atoms with E-state index in [4.69, 9.17) is 0 Å². The maximum Gasteiger partial charge on any atom is 0.425 e. The first kappa shape index (κ1) is 14.9. The number of anilines is 1. The molecule has 0 amide bonds. The molecule has 18 heavy (non-hydrogen) atoms. The van der Waals surface area contributed by atoms with Gasteiger partial charge in [-0.15, -0.1) is 0 Å². The molecular formula is C10H14F3N3OS. The number of thioether (sulfide) groups is 1. The third-order valence-corrected chi connectivity index (χ3v) is 3.00. The quantitative estimate of drug-likeness (QED) is 0.680. The fourth-order valence-corrected chi connectivity index (χ4v) is 1.92. The van der Waals surface area contributed by atoms with E-state index in [0.29, 0.717) is 13.1 Å². The monoisotopic (exact) mass is 281 g/mol. The molecule has 0 bridgehead atoms. The van der Waals surface area contributed by atoms with Crippen LogP contribution in [0.4, 0.5) is 19.0 Å². The number of hydrogen-bond donors (Lipinski definition) is 1. The lowest BCUT2D eigenvalue weighted by Crippen LogP contribution is -2.32. The van der Waals surface area contributed by atoms with Gasteiger partial charge in [-0.3, -0.25) is 4.79 Å². The van der Waals surface area contributed by atoms with Crippen LogP contribution in [0.5, 0.6) is 0 Å². The summed E-state index contributed by atoms with van der Waals surface area (Å²) in [6.07, 6.45) is -3.08. The molecule has 1 aromatic rings. The van der Waals surface area contributed by atoms with Crippen LogP contribution < -0.4 is 10.5 Å². The number of nitrogens with one attached hydrogen (secondary N) is 1. The Labute approximate surface area is 107 Å². The molecule has 0 fully saturated rings. The van der Waals surface area contributed by atoms with Crippen LogP contribution in [0.25, 0.3) is 0 Å². The first-order valence-electron chi connectivity index (χ1n) is 5.35. The van der Waals surface area contributed by atoms with Crippen molar-refractivity contribution in [3.05, 3.63) is 15.9 Å². The highest BCUT2D eigenvalue weighted by Gasteiger charge is 2.39. The van der Waals surface area contributed by atoms with Crippen molar-refractivity contribution in [3.63, 3.8) is 0 Å². The molecule has 0 unspecified atom stereocenters. The van der Waals surface area contributed by atoms with Crippen molar-refractivity contribution in [1.29, 1.82) is 0 Å². The topological polar surface area (TPSA) is 49.0 Å². The van der Waals surface area contributed by atoms with E-state index in [1.807, 2.05) is 0 Å². The third kappa shape index (κ3) is 2.98. The van der Waals surface area contributed by atoms with Gasteiger partial charge in [0.25, 0.3) is 5.56 Å². The lowest BCUT2D eigenvalue weighted by atomic mass is 10.2. The number of aromatic amines is 1. The van der Waals surface area contributed by atoms with E-state index in [2.05, 4.69) is 9.97 Å². The summed E-state index contributed by atoms with van der Waals surface area (Å²) < 4.78 is 38.7. The summed E-state index contributed by atoms with van der Waals surface area (Å²) in [5.74, 6) is -0.305. The molecule has 1 aromatic heterocycles. The largest absolute Gasteiger partial charge is 0.425 e. The minimum atomic E-state index is -4.71. The van der Waals surface area contributed by atoms with Gasteiger partial charge in [-0.25, -0.2) is 4.98 Å². The van der Waals surface area contributed by atoms with Gasteiger partial charge >= 0.3 is 6.18 Å². The number of halogens is 3. The molecule has 4 nitrogen and oxygen atoms in total. The Morgan fingerprint density at radius 3 is 2.28 bits per heavy atom. The SMILES string of the molecule is CCN(CC)c1nc(SC)[nH]c(=O)c1C(F)(F)F. The maximum absolute atomic E-state index is 12.9. The molecule has 1 rings (SSSR count). The molecule has 1 N–H and O–H groups in total. The average molecular weight is 281 g/mol. The van der Waals surface area contributed by atoms with Crippen LogP contribution >= 0.6 is 11.8 Å². The van der Waals surface area contributed by atoms with E-state index in [1.165, 1.54) is 4.90 Å². The van der Waals surface area contributed by atoms with Crippen LogP contribution in [0.3, 0.4) is 0 Å².